The van der Waals surface area contributed by atoms with Gasteiger partial charge in [0.25, 0.3) is 0 Å². The van der Waals surface area contributed by atoms with Crippen molar-refractivity contribution in [3.8, 4) is 11.5 Å². The highest BCUT2D eigenvalue weighted by Crippen LogP contribution is 2.26. The molecule has 4 heteroatoms. The van der Waals surface area contributed by atoms with Crippen molar-refractivity contribution < 1.29 is 14.0 Å². The van der Waals surface area contributed by atoms with Gasteiger partial charge in [0.05, 0.1) is 18.6 Å². The zero-order chi connectivity index (χ0) is 23.2. The van der Waals surface area contributed by atoms with Gasteiger partial charge in [-0.15, -0.1) is 0 Å². The Balaban J connectivity index is 1.49. The first-order chi connectivity index (χ1) is 16.1. The minimum Gasteiger partial charge on any atom is -0.494 e. The van der Waals surface area contributed by atoms with E-state index in [1.165, 1.54) is 10.9 Å². The van der Waals surface area contributed by atoms with Gasteiger partial charge in [0, 0.05) is 36.6 Å². The average molecular weight is 440 g/mol. The molecule has 0 saturated carbocycles. The van der Waals surface area contributed by atoms with Gasteiger partial charge < -0.3 is 14.4 Å². The molecule has 0 atom stereocenters. The van der Waals surface area contributed by atoms with E-state index in [1.807, 2.05) is 32.0 Å². The monoisotopic (exact) mass is 439 g/mol. The highest BCUT2D eigenvalue weighted by Gasteiger charge is 2.10. The number of ether oxygens (including phenoxy) is 2. The lowest BCUT2D eigenvalue weighted by Gasteiger charge is -2.20. The maximum atomic E-state index is 5.63. The third-order valence-electron chi connectivity index (χ3n) is 5.75. The largest absolute Gasteiger partial charge is 0.494 e. The summed E-state index contributed by atoms with van der Waals surface area (Å²) in [4.78, 5) is 2.17. The summed E-state index contributed by atoms with van der Waals surface area (Å²) >= 11 is 0. The number of hydrogen-bond donors (Lipinski definition) is 0. The van der Waals surface area contributed by atoms with Crippen LogP contribution in [-0.4, -0.2) is 20.3 Å². The van der Waals surface area contributed by atoms with Crippen LogP contribution in [0.4, 0.5) is 11.4 Å². The molecule has 0 unspecified atom stereocenters. The summed E-state index contributed by atoms with van der Waals surface area (Å²) < 4.78 is 13.4. The molecule has 3 aromatic carbocycles. The Morgan fingerprint density at radius 2 is 1.33 bits per heavy atom. The van der Waals surface area contributed by atoms with Crippen LogP contribution in [0.1, 0.15) is 25.1 Å². The van der Waals surface area contributed by atoms with Gasteiger partial charge >= 0.3 is 0 Å². The fourth-order valence-corrected chi connectivity index (χ4v) is 3.89. The fraction of sp³-hybridized carbons (Fsp3) is 0.207. The molecule has 4 nitrogen and oxygen atoms in total. The minimum atomic E-state index is 0.674. The first-order valence-corrected chi connectivity index (χ1v) is 11.4. The van der Waals surface area contributed by atoms with Gasteiger partial charge in [-0.05, 0) is 80.1 Å². The second kappa shape index (κ2) is 10.2. The Kier molecular flexibility index (Phi) is 6.94. The summed E-state index contributed by atoms with van der Waals surface area (Å²) in [6.45, 7) is 5.35. The van der Waals surface area contributed by atoms with Crippen LogP contribution in [0.2, 0.25) is 0 Å². The highest BCUT2D eigenvalue weighted by atomic mass is 16.5. The Morgan fingerprint density at radius 3 is 2.00 bits per heavy atom. The van der Waals surface area contributed by atoms with E-state index < -0.39 is 0 Å². The summed E-state index contributed by atoms with van der Waals surface area (Å²) in [6, 6.07) is 27.3. The Bertz CT molecular complexity index is 1250. The first-order valence-electron chi connectivity index (χ1n) is 11.4. The van der Waals surface area contributed by atoms with Crippen LogP contribution >= 0.6 is 0 Å². The lowest BCUT2D eigenvalue weighted by Crippen LogP contribution is -2.32. The Morgan fingerprint density at radius 1 is 0.727 bits per heavy atom. The van der Waals surface area contributed by atoms with Crippen molar-refractivity contribution >= 4 is 34.4 Å². The van der Waals surface area contributed by atoms with Gasteiger partial charge in [-0.25, -0.2) is 0 Å². The summed E-state index contributed by atoms with van der Waals surface area (Å²) in [6.07, 6.45) is 4.30. The number of benzene rings is 3. The smallest absolute Gasteiger partial charge is 0.212 e. The third kappa shape index (κ3) is 5.17. The number of anilines is 2. The molecule has 4 aromatic rings. The molecule has 0 fully saturated rings. The highest BCUT2D eigenvalue weighted by molar-refractivity contribution is 5.79. The zero-order valence-electron chi connectivity index (χ0n) is 19.8. The minimum absolute atomic E-state index is 0.674. The van der Waals surface area contributed by atoms with E-state index in [-0.39, 0.29) is 0 Å². The van der Waals surface area contributed by atoms with E-state index >= 15 is 0 Å². The van der Waals surface area contributed by atoms with E-state index in [0.29, 0.717) is 13.2 Å². The molecule has 0 spiro atoms. The molecule has 1 aromatic heterocycles. The molecule has 4 rings (SSSR count). The molecular weight excluding hydrogens is 408 g/mol. The van der Waals surface area contributed by atoms with Crippen LogP contribution in [0.15, 0.2) is 78.9 Å². The van der Waals surface area contributed by atoms with E-state index in [2.05, 4.69) is 96.4 Å². The van der Waals surface area contributed by atoms with E-state index in [9.17, 15) is 0 Å². The number of nitrogens with zero attached hydrogens (tertiary/aromatic N) is 2. The molecule has 0 saturated heterocycles. The summed E-state index contributed by atoms with van der Waals surface area (Å²) in [5, 5.41) is 1.17. The average Bonchev–Trinajstić information content (AvgIpc) is 2.84. The molecule has 0 aliphatic carbocycles. The SMILES string of the molecule is CCOc1ccc(N(C)c2ccc(C=Cc3ccc4cc(OCC)ccc4[n+]3C)cc2)cc1. The molecule has 0 aliphatic rings. The van der Waals surface area contributed by atoms with Gasteiger partial charge in [-0.3, -0.25) is 0 Å². The molecule has 1 heterocycles. The second-order valence-corrected chi connectivity index (χ2v) is 7.88. The Hall–Kier alpha value is -3.79. The lowest BCUT2D eigenvalue weighted by molar-refractivity contribution is -0.646. The number of pyridine rings is 1. The molecule has 0 N–H and O–H groups in total. The van der Waals surface area contributed by atoms with Crippen molar-refractivity contribution in [3.63, 3.8) is 0 Å². The fourth-order valence-electron chi connectivity index (χ4n) is 3.89. The first kappa shape index (κ1) is 22.4. The van der Waals surface area contributed by atoms with Crippen molar-refractivity contribution in [1.29, 1.82) is 0 Å². The second-order valence-electron chi connectivity index (χ2n) is 7.88. The predicted octanol–water partition coefficient (Wildman–Crippen LogP) is 6.40. The van der Waals surface area contributed by atoms with Crippen molar-refractivity contribution in [2.24, 2.45) is 7.05 Å². The summed E-state index contributed by atoms with van der Waals surface area (Å²) in [7, 11) is 4.17. The normalized spacial score (nSPS) is 11.2. The van der Waals surface area contributed by atoms with Crippen LogP contribution in [-0.2, 0) is 7.05 Å². The third-order valence-corrected chi connectivity index (χ3v) is 5.75. The maximum absolute atomic E-state index is 5.63. The van der Waals surface area contributed by atoms with Gasteiger partial charge in [-0.1, -0.05) is 12.1 Å². The van der Waals surface area contributed by atoms with Crippen LogP contribution in [0.25, 0.3) is 23.1 Å². The van der Waals surface area contributed by atoms with Crippen LogP contribution < -0.4 is 18.9 Å². The lowest BCUT2D eigenvalue weighted by atomic mass is 10.1. The maximum Gasteiger partial charge on any atom is 0.212 e. The van der Waals surface area contributed by atoms with E-state index in [1.54, 1.807) is 0 Å². The summed E-state index contributed by atoms with van der Waals surface area (Å²) in [5.41, 5.74) is 5.73. The number of aryl methyl sites for hydroxylation is 1. The van der Waals surface area contributed by atoms with Crippen molar-refractivity contribution in [2.75, 3.05) is 25.2 Å². The topological polar surface area (TPSA) is 25.6 Å². The van der Waals surface area contributed by atoms with Crippen molar-refractivity contribution in [2.45, 2.75) is 13.8 Å². The molecular formula is C29H31N2O2+. The number of aromatic nitrogens is 1. The van der Waals surface area contributed by atoms with Crippen LogP contribution in [0, 0.1) is 0 Å². The number of hydrogen-bond acceptors (Lipinski definition) is 3. The van der Waals surface area contributed by atoms with Crippen LogP contribution in [0.3, 0.4) is 0 Å². The van der Waals surface area contributed by atoms with Crippen LogP contribution in [0.5, 0.6) is 11.5 Å². The predicted molar refractivity (Wildman–Crippen MR) is 137 cm³/mol. The molecule has 33 heavy (non-hydrogen) atoms. The Labute approximate surface area is 196 Å². The van der Waals surface area contributed by atoms with Gasteiger partial charge in [0.15, 0.2) is 0 Å². The van der Waals surface area contributed by atoms with Crippen molar-refractivity contribution in [1.82, 2.24) is 0 Å². The number of fused-ring (bicyclic) bond motifs is 1. The molecule has 168 valence electrons. The standard InChI is InChI=1S/C29H31N2O2/c1-5-32-27-17-15-25(16-18-27)30(3)24-11-7-22(8-12-24)9-13-26-14-10-23-21-28(33-6-2)19-20-29(23)31(26)4/h7-21H,5-6H2,1-4H3/q+1. The van der Waals surface area contributed by atoms with Gasteiger partial charge in [0.2, 0.25) is 11.2 Å². The van der Waals surface area contributed by atoms with Gasteiger partial charge in [-0.2, -0.15) is 4.57 Å². The molecule has 0 bridgehead atoms. The quantitative estimate of drug-likeness (QED) is 0.297. The molecule has 0 amide bonds. The van der Waals surface area contributed by atoms with E-state index in [4.69, 9.17) is 9.47 Å². The number of rotatable bonds is 8. The van der Waals surface area contributed by atoms with Gasteiger partial charge in [0.1, 0.15) is 18.5 Å². The van der Waals surface area contributed by atoms with E-state index in [0.717, 1.165) is 34.1 Å². The van der Waals surface area contributed by atoms with Crippen molar-refractivity contribution in [3.05, 3.63) is 90.1 Å². The zero-order valence-corrected chi connectivity index (χ0v) is 19.8. The summed E-state index contributed by atoms with van der Waals surface area (Å²) in [5.74, 6) is 1.80. The molecule has 0 radical (unpaired) electrons. The molecule has 0 aliphatic heterocycles.